The fraction of sp³-hybridized carbons (Fsp3) is 0.700. The zero-order valence-electron chi connectivity index (χ0n) is 10.8. The van der Waals surface area contributed by atoms with E-state index < -0.39 is 39.9 Å². The van der Waals surface area contributed by atoms with E-state index in [1.807, 2.05) is 5.32 Å². The number of urea groups is 1. The minimum Gasteiger partial charge on any atom is -0.469 e. The first-order chi connectivity index (χ1) is 8.33. The minimum absolute atomic E-state index is 0.00893. The Morgan fingerprint density at radius 1 is 1.28 bits per heavy atom. The molecular formula is C10H18N2O5S. The Morgan fingerprint density at radius 3 is 2.28 bits per heavy atom. The van der Waals surface area contributed by atoms with Crippen LogP contribution < -0.4 is 10.6 Å². The highest BCUT2D eigenvalue weighted by Gasteiger charge is 2.25. The van der Waals surface area contributed by atoms with Crippen LogP contribution in [0.3, 0.4) is 0 Å². The van der Waals surface area contributed by atoms with E-state index in [1.54, 1.807) is 6.92 Å². The number of carbonyl (C=O) groups is 3. The van der Waals surface area contributed by atoms with E-state index in [0.717, 1.165) is 0 Å². The Labute approximate surface area is 108 Å². The molecule has 0 saturated carbocycles. The van der Waals surface area contributed by atoms with E-state index in [1.165, 1.54) is 21.1 Å². The molecule has 8 heteroatoms. The summed E-state index contributed by atoms with van der Waals surface area (Å²) in [6.45, 7) is 2.99. The molecule has 18 heavy (non-hydrogen) atoms. The molecule has 0 heterocycles. The second-order valence-corrected chi connectivity index (χ2v) is 5.48. The van der Waals surface area contributed by atoms with Crippen LogP contribution in [-0.4, -0.2) is 47.3 Å². The lowest BCUT2D eigenvalue weighted by atomic mass is 10.2. The lowest BCUT2D eigenvalue weighted by Crippen LogP contribution is -2.44. The highest BCUT2D eigenvalue weighted by Crippen LogP contribution is 2.05. The zero-order chi connectivity index (χ0) is 14.3. The van der Waals surface area contributed by atoms with Gasteiger partial charge in [-0.15, -0.1) is 0 Å². The van der Waals surface area contributed by atoms with Crippen molar-refractivity contribution >= 4 is 28.7 Å². The first kappa shape index (κ1) is 16.6. The number of amides is 3. The van der Waals surface area contributed by atoms with E-state index in [0.29, 0.717) is 0 Å². The number of nitrogens with one attached hydrogen (secondary N) is 2. The second-order valence-electron chi connectivity index (χ2n) is 3.68. The molecule has 0 aliphatic heterocycles. The molecule has 0 aliphatic carbocycles. The number of carbonyl (C=O) groups excluding carboxylic acids is 3. The van der Waals surface area contributed by atoms with Crippen molar-refractivity contribution in [3.8, 4) is 0 Å². The van der Waals surface area contributed by atoms with E-state index in [4.69, 9.17) is 0 Å². The standard InChI is InChI=1S/C10H18N2O5S/c1-6(9(14)17-4)5-18(16)7(2)8(13)12-10(15)11-3/h6-7H,5H2,1-4H3,(H2,11,12,13,15). The van der Waals surface area contributed by atoms with Crippen molar-refractivity contribution in [2.24, 2.45) is 5.92 Å². The summed E-state index contributed by atoms with van der Waals surface area (Å²) < 4.78 is 16.3. The summed E-state index contributed by atoms with van der Waals surface area (Å²) >= 11 is 0. The summed E-state index contributed by atoms with van der Waals surface area (Å²) in [6.07, 6.45) is 0. The van der Waals surface area contributed by atoms with Gasteiger partial charge in [0.05, 0.1) is 13.0 Å². The van der Waals surface area contributed by atoms with Crippen LogP contribution in [0.2, 0.25) is 0 Å². The average molecular weight is 278 g/mol. The fourth-order valence-corrected chi connectivity index (χ4v) is 2.27. The Bertz CT molecular complexity index is 358. The number of imide groups is 1. The van der Waals surface area contributed by atoms with Gasteiger partial charge in [-0.3, -0.25) is 19.1 Å². The van der Waals surface area contributed by atoms with Crippen molar-refractivity contribution in [3.05, 3.63) is 0 Å². The van der Waals surface area contributed by atoms with Crippen molar-refractivity contribution in [2.75, 3.05) is 19.9 Å². The van der Waals surface area contributed by atoms with Crippen molar-refractivity contribution in [2.45, 2.75) is 19.1 Å². The SMILES string of the molecule is CNC(=O)NC(=O)C(C)S(=O)CC(C)C(=O)OC. The van der Waals surface area contributed by atoms with Crippen LogP contribution >= 0.6 is 0 Å². The number of hydrogen-bond acceptors (Lipinski definition) is 5. The number of hydrogen-bond donors (Lipinski definition) is 2. The molecule has 3 amide bonds. The summed E-state index contributed by atoms with van der Waals surface area (Å²) in [6, 6.07) is -0.662. The maximum Gasteiger partial charge on any atom is 0.321 e. The zero-order valence-corrected chi connectivity index (χ0v) is 11.6. The van der Waals surface area contributed by atoms with Crippen molar-refractivity contribution < 1.29 is 23.3 Å². The summed E-state index contributed by atoms with van der Waals surface area (Å²) in [5, 5.41) is 3.36. The highest BCUT2D eigenvalue weighted by atomic mass is 32.2. The molecule has 0 radical (unpaired) electrons. The van der Waals surface area contributed by atoms with Crippen LogP contribution in [0.4, 0.5) is 4.79 Å². The topological polar surface area (TPSA) is 102 Å². The van der Waals surface area contributed by atoms with Crippen LogP contribution in [0.1, 0.15) is 13.8 Å². The molecule has 0 rings (SSSR count). The van der Waals surface area contributed by atoms with Gasteiger partial charge in [0.1, 0.15) is 5.25 Å². The largest absolute Gasteiger partial charge is 0.469 e. The number of ether oxygens (including phenoxy) is 1. The van der Waals surface area contributed by atoms with Gasteiger partial charge in [0.15, 0.2) is 0 Å². The predicted molar refractivity (Wildman–Crippen MR) is 66.2 cm³/mol. The molecule has 0 saturated heterocycles. The van der Waals surface area contributed by atoms with Crippen molar-refractivity contribution in [1.29, 1.82) is 0 Å². The third-order valence-electron chi connectivity index (χ3n) is 2.25. The molecule has 0 bridgehead atoms. The van der Waals surface area contributed by atoms with E-state index in [-0.39, 0.29) is 5.75 Å². The first-order valence-corrected chi connectivity index (χ1v) is 6.69. The molecule has 0 aromatic carbocycles. The molecule has 0 spiro atoms. The molecule has 0 aromatic rings. The average Bonchev–Trinajstić information content (AvgIpc) is 2.35. The molecule has 3 unspecified atom stereocenters. The third kappa shape index (κ3) is 5.26. The number of rotatable bonds is 5. The number of esters is 1. The van der Waals surface area contributed by atoms with Gasteiger partial charge in [0, 0.05) is 23.6 Å². The third-order valence-corrected chi connectivity index (χ3v) is 4.08. The molecule has 2 N–H and O–H groups in total. The Kier molecular flexibility index (Phi) is 7.18. The molecule has 104 valence electrons. The maximum absolute atomic E-state index is 11.8. The van der Waals surface area contributed by atoms with Crippen molar-refractivity contribution in [3.63, 3.8) is 0 Å². The quantitative estimate of drug-likeness (QED) is 0.653. The van der Waals surface area contributed by atoms with Gasteiger partial charge in [-0.1, -0.05) is 6.92 Å². The van der Waals surface area contributed by atoms with Crippen LogP contribution in [0.15, 0.2) is 0 Å². The maximum atomic E-state index is 11.8. The Morgan fingerprint density at radius 2 is 1.83 bits per heavy atom. The summed E-state index contributed by atoms with van der Waals surface area (Å²) in [4.78, 5) is 33.5. The normalized spacial score (nSPS) is 15.1. The van der Waals surface area contributed by atoms with Crippen LogP contribution in [0, 0.1) is 5.92 Å². The minimum atomic E-state index is -1.56. The molecular weight excluding hydrogens is 260 g/mol. The lowest BCUT2D eigenvalue weighted by molar-refractivity contribution is -0.144. The van der Waals surface area contributed by atoms with Crippen LogP contribution in [0.25, 0.3) is 0 Å². The van der Waals surface area contributed by atoms with Gasteiger partial charge in [-0.25, -0.2) is 4.79 Å². The van der Waals surface area contributed by atoms with Crippen molar-refractivity contribution in [1.82, 2.24) is 10.6 Å². The van der Waals surface area contributed by atoms with E-state index in [2.05, 4.69) is 10.1 Å². The highest BCUT2D eigenvalue weighted by molar-refractivity contribution is 7.86. The van der Waals surface area contributed by atoms with Gasteiger partial charge in [-0.2, -0.15) is 0 Å². The molecule has 0 aromatic heterocycles. The van der Waals surface area contributed by atoms with Crippen LogP contribution in [0.5, 0.6) is 0 Å². The molecule has 3 atom stereocenters. The van der Waals surface area contributed by atoms with Gasteiger partial charge in [0.25, 0.3) is 0 Å². The fourth-order valence-electron chi connectivity index (χ4n) is 1.06. The summed E-state index contributed by atoms with van der Waals surface area (Å²) in [5.74, 6) is -1.69. The molecule has 0 aliphatic rings. The molecule has 7 nitrogen and oxygen atoms in total. The Hall–Kier alpha value is -1.44. The first-order valence-electron chi connectivity index (χ1n) is 5.31. The molecule has 0 fully saturated rings. The smallest absolute Gasteiger partial charge is 0.321 e. The Balaban J connectivity index is 4.38. The van der Waals surface area contributed by atoms with Gasteiger partial charge in [0.2, 0.25) is 5.91 Å². The number of methoxy groups -OCH3 is 1. The lowest BCUT2D eigenvalue weighted by Gasteiger charge is -2.13. The van der Waals surface area contributed by atoms with Gasteiger partial charge in [-0.05, 0) is 6.92 Å². The summed E-state index contributed by atoms with van der Waals surface area (Å²) in [5.41, 5.74) is 0. The van der Waals surface area contributed by atoms with Crippen LogP contribution in [-0.2, 0) is 25.1 Å². The monoisotopic (exact) mass is 278 g/mol. The van der Waals surface area contributed by atoms with E-state index >= 15 is 0 Å². The van der Waals surface area contributed by atoms with Gasteiger partial charge < -0.3 is 10.1 Å². The second kappa shape index (κ2) is 7.80. The summed E-state index contributed by atoms with van der Waals surface area (Å²) in [7, 11) is 1.05. The van der Waals surface area contributed by atoms with E-state index in [9.17, 15) is 18.6 Å². The predicted octanol–water partition coefficient (Wildman–Crippen LogP) is -0.612. The van der Waals surface area contributed by atoms with Gasteiger partial charge >= 0.3 is 12.0 Å².